The standard InChI is InChI=1S/C19H24N2O2S/c1-3-23-18(22)17-14(2)21(16-12-8-5-9-13-16)19(24-17)20-15-10-6-4-7-11-15/h4,6-7,10-11,16H,3,5,8-9,12-13H2,1-2H3. The summed E-state index contributed by atoms with van der Waals surface area (Å²) in [6.45, 7) is 4.25. The van der Waals surface area contributed by atoms with Gasteiger partial charge < -0.3 is 9.30 Å². The highest BCUT2D eigenvalue weighted by Crippen LogP contribution is 2.30. The maximum absolute atomic E-state index is 12.3. The van der Waals surface area contributed by atoms with Gasteiger partial charge in [0.15, 0.2) is 4.80 Å². The number of hydrogen-bond donors (Lipinski definition) is 0. The van der Waals surface area contributed by atoms with Gasteiger partial charge >= 0.3 is 5.97 Å². The summed E-state index contributed by atoms with van der Waals surface area (Å²) in [5, 5.41) is 0. The van der Waals surface area contributed by atoms with Crippen molar-refractivity contribution in [3.05, 3.63) is 45.7 Å². The van der Waals surface area contributed by atoms with Crippen LogP contribution in [0.5, 0.6) is 0 Å². The molecular weight excluding hydrogens is 320 g/mol. The summed E-state index contributed by atoms with van der Waals surface area (Å²) in [6.07, 6.45) is 6.10. The second-order valence-electron chi connectivity index (χ2n) is 6.13. The van der Waals surface area contributed by atoms with Crippen molar-refractivity contribution in [3.63, 3.8) is 0 Å². The average Bonchev–Trinajstić information content (AvgIpc) is 2.93. The Morgan fingerprint density at radius 2 is 1.96 bits per heavy atom. The first-order valence-corrected chi connectivity index (χ1v) is 9.51. The average molecular weight is 344 g/mol. The zero-order valence-corrected chi connectivity index (χ0v) is 15.1. The van der Waals surface area contributed by atoms with Crippen molar-refractivity contribution in [2.24, 2.45) is 4.99 Å². The topological polar surface area (TPSA) is 43.6 Å². The van der Waals surface area contributed by atoms with Crippen molar-refractivity contribution in [1.29, 1.82) is 0 Å². The third-order valence-electron chi connectivity index (χ3n) is 4.47. The van der Waals surface area contributed by atoms with Crippen molar-refractivity contribution in [2.45, 2.75) is 52.0 Å². The molecule has 5 heteroatoms. The number of carbonyl (C=O) groups excluding carboxylic acids is 1. The smallest absolute Gasteiger partial charge is 0.350 e. The van der Waals surface area contributed by atoms with Crippen LogP contribution in [0.3, 0.4) is 0 Å². The third kappa shape index (κ3) is 3.61. The molecule has 1 aromatic carbocycles. The van der Waals surface area contributed by atoms with Crippen LogP contribution in [0.2, 0.25) is 0 Å². The van der Waals surface area contributed by atoms with E-state index in [2.05, 4.69) is 4.57 Å². The molecule has 1 fully saturated rings. The molecule has 1 saturated carbocycles. The Labute approximate surface area is 146 Å². The van der Waals surface area contributed by atoms with E-state index in [9.17, 15) is 4.79 Å². The Bertz CT molecular complexity index is 755. The van der Waals surface area contributed by atoms with Crippen molar-refractivity contribution < 1.29 is 9.53 Å². The maximum Gasteiger partial charge on any atom is 0.350 e. The number of ether oxygens (including phenoxy) is 1. The number of rotatable bonds is 4. The summed E-state index contributed by atoms with van der Waals surface area (Å²) in [4.78, 5) is 18.7. The van der Waals surface area contributed by atoms with Crippen molar-refractivity contribution in [3.8, 4) is 0 Å². The number of aromatic nitrogens is 1. The van der Waals surface area contributed by atoms with E-state index in [4.69, 9.17) is 9.73 Å². The molecule has 1 aromatic heterocycles. The minimum atomic E-state index is -0.237. The molecule has 0 N–H and O–H groups in total. The molecule has 0 amide bonds. The van der Waals surface area contributed by atoms with Gasteiger partial charge in [0.2, 0.25) is 0 Å². The van der Waals surface area contributed by atoms with E-state index in [0.29, 0.717) is 17.5 Å². The van der Waals surface area contributed by atoms with Crippen LogP contribution in [-0.4, -0.2) is 17.1 Å². The van der Waals surface area contributed by atoms with E-state index < -0.39 is 0 Å². The van der Waals surface area contributed by atoms with Gasteiger partial charge in [-0.05, 0) is 38.8 Å². The Balaban J connectivity index is 2.09. The molecule has 0 atom stereocenters. The van der Waals surface area contributed by atoms with Gasteiger partial charge in [-0.3, -0.25) is 0 Å². The van der Waals surface area contributed by atoms with Crippen LogP contribution in [0.15, 0.2) is 35.3 Å². The Morgan fingerprint density at radius 1 is 1.25 bits per heavy atom. The fourth-order valence-corrected chi connectivity index (χ4v) is 4.42. The molecule has 2 aromatic rings. The largest absolute Gasteiger partial charge is 0.462 e. The zero-order valence-electron chi connectivity index (χ0n) is 14.3. The van der Waals surface area contributed by atoms with Gasteiger partial charge in [-0.2, -0.15) is 0 Å². The number of para-hydroxylation sites is 1. The highest BCUT2D eigenvalue weighted by molar-refractivity contribution is 7.11. The first kappa shape index (κ1) is 17.0. The van der Waals surface area contributed by atoms with E-state index >= 15 is 0 Å². The number of hydrogen-bond acceptors (Lipinski definition) is 4. The van der Waals surface area contributed by atoms with Crippen LogP contribution in [0, 0.1) is 6.92 Å². The fraction of sp³-hybridized carbons (Fsp3) is 0.474. The number of nitrogens with zero attached hydrogens (tertiary/aromatic N) is 2. The highest BCUT2D eigenvalue weighted by Gasteiger charge is 2.24. The minimum absolute atomic E-state index is 0.237. The predicted octanol–water partition coefficient (Wildman–Crippen LogP) is 4.77. The Kier molecular flexibility index (Phi) is 5.51. The van der Waals surface area contributed by atoms with E-state index in [0.717, 1.165) is 29.0 Å². The van der Waals surface area contributed by atoms with Gasteiger partial charge in [-0.25, -0.2) is 9.79 Å². The van der Waals surface area contributed by atoms with Gasteiger partial charge in [-0.1, -0.05) is 48.8 Å². The van der Waals surface area contributed by atoms with E-state index in [1.165, 1.54) is 30.6 Å². The van der Waals surface area contributed by atoms with Gasteiger partial charge in [0.05, 0.1) is 12.3 Å². The van der Waals surface area contributed by atoms with Crippen LogP contribution in [0.1, 0.15) is 60.4 Å². The molecule has 1 heterocycles. The molecule has 4 nitrogen and oxygen atoms in total. The Hall–Kier alpha value is -1.88. The first-order chi connectivity index (χ1) is 11.7. The molecule has 24 heavy (non-hydrogen) atoms. The molecule has 3 rings (SSSR count). The second-order valence-corrected chi connectivity index (χ2v) is 7.11. The summed E-state index contributed by atoms with van der Waals surface area (Å²) in [6, 6.07) is 10.4. The molecule has 1 aliphatic rings. The van der Waals surface area contributed by atoms with Gasteiger partial charge in [-0.15, -0.1) is 0 Å². The lowest BCUT2D eigenvalue weighted by atomic mass is 9.95. The highest BCUT2D eigenvalue weighted by atomic mass is 32.1. The SMILES string of the molecule is CCOC(=O)c1sc(=Nc2ccccc2)n(C2CCCCC2)c1C. The maximum atomic E-state index is 12.3. The summed E-state index contributed by atoms with van der Waals surface area (Å²) in [7, 11) is 0. The molecule has 0 radical (unpaired) electrons. The summed E-state index contributed by atoms with van der Waals surface area (Å²) < 4.78 is 7.50. The van der Waals surface area contributed by atoms with E-state index in [1.54, 1.807) is 0 Å². The van der Waals surface area contributed by atoms with Crippen LogP contribution >= 0.6 is 11.3 Å². The van der Waals surface area contributed by atoms with Crippen molar-refractivity contribution >= 4 is 23.0 Å². The van der Waals surface area contributed by atoms with E-state index in [-0.39, 0.29) is 5.97 Å². The van der Waals surface area contributed by atoms with Crippen LogP contribution in [0.25, 0.3) is 0 Å². The number of carbonyl (C=O) groups is 1. The molecule has 0 unspecified atom stereocenters. The molecule has 0 aliphatic heterocycles. The summed E-state index contributed by atoms with van der Waals surface area (Å²) in [5.74, 6) is -0.237. The van der Waals surface area contributed by atoms with Crippen LogP contribution < -0.4 is 4.80 Å². The lowest BCUT2D eigenvalue weighted by molar-refractivity contribution is 0.0530. The third-order valence-corrected chi connectivity index (χ3v) is 5.61. The zero-order chi connectivity index (χ0) is 16.9. The number of esters is 1. The fourth-order valence-electron chi connectivity index (χ4n) is 3.31. The van der Waals surface area contributed by atoms with E-state index in [1.807, 2.05) is 44.2 Å². The normalized spacial score (nSPS) is 16.3. The predicted molar refractivity (Wildman–Crippen MR) is 96.8 cm³/mol. The lowest BCUT2D eigenvalue weighted by Crippen LogP contribution is -2.24. The summed E-state index contributed by atoms with van der Waals surface area (Å²) >= 11 is 1.44. The molecule has 128 valence electrons. The molecular formula is C19H24N2O2S. The summed E-state index contributed by atoms with van der Waals surface area (Å²) in [5.41, 5.74) is 1.90. The minimum Gasteiger partial charge on any atom is -0.462 e. The van der Waals surface area contributed by atoms with Crippen LogP contribution in [-0.2, 0) is 4.74 Å². The van der Waals surface area contributed by atoms with Gasteiger partial charge in [0.1, 0.15) is 4.88 Å². The second kappa shape index (κ2) is 7.79. The molecule has 0 spiro atoms. The molecule has 0 bridgehead atoms. The van der Waals surface area contributed by atoms with Crippen molar-refractivity contribution in [1.82, 2.24) is 4.57 Å². The first-order valence-electron chi connectivity index (χ1n) is 8.69. The Morgan fingerprint density at radius 3 is 2.62 bits per heavy atom. The van der Waals surface area contributed by atoms with Crippen LogP contribution in [0.4, 0.5) is 5.69 Å². The molecule has 1 aliphatic carbocycles. The number of thiazole rings is 1. The van der Waals surface area contributed by atoms with Gasteiger partial charge in [0.25, 0.3) is 0 Å². The quantitative estimate of drug-likeness (QED) is 0.750. The number of benzene rings is 1. The lowest BCUT2D eigenvalue weighted by Gasteiger charge is -2.24. The van der Waals surface area contributed by atoms with Crippen molar-refractivity contribution in [2.75, 3.05) is 6.61 Å². The molecule has 0 saturated heterocycles. The monoisotopic (exact) mass is 344 g/mol. The van der Waals surface area contributed by atoms with Gasteiger partial charge in [0, 0.05) is 11.7 Å².